The van der Waals surface area contributed by atoms with Gasteiger partial charge < -0.3 is 14.5 Å². The fourth-order valence-corrected chi connectivity index (χ4v) is 3.27. The smallest absolute Gasteiger partial charge is 0.336 e. The maximum Gasteiger partial charge on any atom is 0.336 e. The van der Waals surface area contributed by atoms with Crippen molar-refractivity contribution in [2.24, 2.45) is 0 Å². The van der Waals surface area contributed by atoms with Crippen molar-refractivity contribution in [3.05, 3.63) is 75.2 Å². The Hall–Kier alpha value is -2.86. The molecule has 0 amide bonds. The van der Waals surface area contributed by atoms with E-state index in [-0.39, 0.29) is 5.78 Å². The number of hydrogen-bond acceptors (Lipinski definition) is 5. The van der Waals surface area contributed by atoms with Crippen LogP contribution in [0.5, 0.6) is 5.75 Å². The van der Waals surface area contributed by atoms with Crippen LogP contribution in [0.2, 0.25) is 0 Å². The minimum absolute atomic E-state index is 0.155. The highest BCUT2D eigenvalue weighted by Gasteiger charge is 2.39. The van der Waals surface area contributed by atoms with Crippen LogP contribution < -0.4 is 15.7 Å². The second kappa shape index (κ2) is 6.39. The molecule has 0 atom stereocenters. The number of anilines is 1. The van der Waals surface area contributed by atoms with Crippen LogP contribution in [0.4, 0.5) is 5.69 Å². The first-order valence-electron chi connectivity index (χ1n) is 8.38. The monoisotopic (exact) mass is 425 g/mol. The van der Waals surface area contributed by atoms with Gasteiger partial charge in [-0.2, -0.15) is 0 Å². The average molecular weight is 426 g/mol. The number of nitrogens with one attached hydrogen (secondary N) is 1. The van der Waals surface area contributed by atoms with Gasteiger partial charge in [-0.25, -0.2) is 4.79 Å². The summed E-state index contributed by atoms with van der Waals surface area (Å²) in [6, 6.07) is 14.1. The summed E-state index contributed by atoms with van der Waals surface area (Å²) in [6.07, 6.45) is 1.67. The molecular weight excluding hydrogens is 410 g/mol. The van der Waals surface area contributed by atoms with Crippen molar-refractivity contribution in [3.8, 4) is 5.75 Å². The first kappa shape index (κ1) is 17.5. The minimum Gasteiger partial charge on any atom is -0.479 e. The second-order valence-corrected chi connectivity index (χ2v) is 7.71. The van der Waals surface area contributed by atoms with Crippen LogP contribution in [0.1, 0.15) is 19.4 Å². The maximum atomic E-state index is 13.0. The zero-order chi connectivity index (χ0) is 19.2. The van der Waals surface area contributed by atoms with Gasteiger partial charge in [0.2, 0.25) is 5.78 Å². The lowest BCUT2D eigenvalue weighted by Crippen LogP contribution is -2.42. The molecule has 0 unspecified atom stereocenters. The Labute approximate surface area is 163 Å². The zero-order valence-electron chi connectivity index (χ0n) is 14.7. The van der Waals surface area contributed by atoms with Crippen LogP contribution in [0.25, 0.3) is 16.5 Å². The molecule has 0 spiro atoms. The van der Waals surface area contributed by atoms with E-state index in [0.717, 1.165) is 15.5 Å². The molecule has 2 aromatic carbocycles. The van der Waals surface area contributed by atoms with E-state index in [2.05, 4.69) is 21.2 Å². The summed E-state index contributed by atoms with van der Waals surface area (Å²) in [7, 11) is 0. The number of rotatable bonds is 2. The van der Waals surface area contributed by atoms with E-state index in [4.69, 9.17) is 9.15 Å². The van der Waals surface area contributed by atoms with E-state index < -0.39 is 11.2 Å². The van der Waals surface area contributed by atoms with Gasteiger partial charge in [0, 0.05) is 38.9 Å². The summed E-state index contributed by atoms with van der Waals surface area (Å²) in [6.45, 7) is 3.47. The van der Waals surface area contributed by atoms with Gasteiger partial charge in [0.1, 0.15) is 11.3 Å². The molecule has 0 radical (unpaired) electrons. The second-order valence-electron chi connectivity index (χ2n) is 6.79. The van der Waals surface area contributed by atoms with Crippen molar-refractivity contribution >= 4 is 43.9 Å². The third-order valence-electron chi connectivity index (χ3n) is 4.40. The highest BCUT2D eigenvalue weighted by Crippen LogP contribution is 2.40. The average Bonchev–Trinajstić information content (AvgIpc) is 2.62. The molecule has 0 fully saturated rings. The van der Waals surface area contributed by atoms with Crippen molar-refractivity contribution < 1.29 is 13.9 Å². The molecule has 4 rings (SSSR count). The largest absolute Gasteiger partial charge is 0.479 e. The Morgan fingerprint density at radius 2 is 1.78 bits per heavy atom. The molecule has 0 saturated heterocycles. The Morgan fingerprint density at radius 3 is 2.52 bits per heavy atom. The van der Waals surface area contributed by atoms with Gasteiger partial charge in [-0.05, 0) is 56.3 Å². The van der Waals surface area contributed by atoms with E-state index in [9.17, 15) is 9.59 Å². The van der Waals surface area contributed by atoms with Crippen molar-refractivity contribution in [2.75, 3.05) is 5.32 Å². The van der Waals surface area contributed by atoms with Crippen LogP contribution in [-0.4, -0.2) is 11.4 Å². The van der Waals surface area contributed by atoms with Gasteiger partial charge in [-0.3, -0.25) is 4.79 Å². The number of hydrogen-bond donors (Lipinski definition) is 1. The van der Waals surface area contributed by atoms with Gasteiger partial charge in [-0.1, -0.05) is 15.9 Å². The lowest BCUT2D eigenvalue weighted by Gasteiger charge is -2.32. The molecule has 27 heavy (non-hydrogen) atoms. The predicted molar refractivity (Wildman–Crippen MR) is 108 cm³/mol. The third kappa shape index (κ3) is 3.28. The summed E-state index contributed by atoms with van der Waals surface area (Å²) in [5.41, 5.74) is 0.875. The van der Waals surface area contributed by atoms with Crippen LogP contribution in [-0.2, 0) is 4.79 Å². The fraction of sp³-hybridized carbons (Fsp3) is 0.143. The van der Waals surface area contributed by atoms with E-state index in [0.29, 0.717) is 22.5 Å². The number of halogens is 1. The molecule has 1 N–H and O–H groups in total. The van der Waals surface area contributed by atoms with Crippen molar-refractivity contribution in [1.29, 1.82) is 0 Å². The Bertz CT molecular complexity index is 1140. The molecule has 1 aromatic heterocycles. The molecule has 0 saturated carbocycles. The molecule has 5 nitrogen and oxygen atoms in total. The van der Waals surface area contributed by atoms with Crippen LogP contribution >= 0.6 is 15.9 Å². The topological polar surface area (TPSA) is 68.5 Å². The quantitative estimate of drug-likeness (QED) is 0.473. The van der Waals surface area contributed by atoms with E-state index in [1.807, 2.05) is 24.3 Å². The van der Waals surface area contributed by atoms with Crippen LogP contribution in [0.3, 0.4) is 0 Å². The summed E-state index contributed by atoms with van der Waals surface area (Å²) in [5.74, 6) is 0.419. The number of fused-ring (bicyclic) bond motifs is 2. The standard InChI is InChI=1S/C21H16BrNO4/c1-21(2)20(25)16(11-23-14-6-4-13(22)5-7-14)15-10-17-12(9-18(15)27-21)3-8-19(24)26-17/h3-11,23H,1-2H3. The normalized spacial score (nSPS) is 16.9. The molecule has 1 aliphatic heterocycles. The van der Waals surface area contributed by atoms with Gasteiger partial charge in [0.25, 0.3) is 0 Å². The number of ketones is 1. The lowest BCUT2D eigenvalue weighted by molar-refractivity contribution is -0.126. The molecule has 0 bridgehead atoms. The van der Waals surface area contributed by atoms with E-state index in [1.165, 1.54) is 6.07 Å². The molecular formula is C21H16BrNO4. The maximum absolute atomic E-state index is 13.0. The zero-order valence-corrected chi connectivity index (χ0v) is 16.3. The molecule has 1 aliphatic rings. The Morgan fingerprint density at radius 1 is 1.04 bits per heavy atom. The lowest BCUT2D eigenvalue weighted by atomic mass is 9.88. The van der Waals surface area contributed by atoms with Gasteiger partial charge in [0.15, 0.2) is 5.60 Å². The van der Waals surface area contributed by atoms with Crippen molar-refractivity contribution in [2.45, 2.75) is 19.4 Å². The number of benzene rings is 2. The molecule has 2 heterocycles. The highest BCUT2D eigenvalue weighted by atomic mass is 79.9. The van der Waals surface area contributed by atoms with Gasteiger partial charge in [0.05, 0.1) is 0 Å². The predicted octanol–water partition coefficient (Wildman–Crippen LogP) is 4.75. The van der Waals surface area contributed by atoms with E-state index >= 15 is 0 Å². The SMILES string of the molecule is CC1(C)Oc2cc3ccc(=O)oc3cc2C(=CNc2ccc(Br)cc2)C1=O. The Kier molecular flexibility index (Phi) is 4.15. The third-order valence-corrected chi connectivity index (χ3v) is 4.92. The highest BCUT2D eigenvalue weighted by molar-refractivity contribution is 9.10. The Balaban J connectivity index is 1.84. The molecule has 6 heteroatoms. The first-order valence-corrected chi connectivity index (χ1v) is 9.17. The summed E-state index contributed by atoms with van der Waals surface area (Å²) in [4.78, 5) is 24.5. The number of ether oxygens (including phenoxy) is 1. The molecule has 3 aromatic rings. The van der Waals surface area contributed by atoms with Gasteiger partial charge in [-0.15, -0.1) is 0 Å². The number of carbonyl (C=O) groups is 1. The number of Topliss-reactive ketones (excluding diaryl/α,β-unsaturated/α-hetero) is 1. The van der Waals surface area contributed by atoms with Crippen molar-refractivity contribution in [3.63, 3.8) is 0 Å². The van der Waals surface area contributed by atoms with Gasteiger partial charge >= 0.3 is 5.63 Å². The van der Waals surface area contributed by atoms with E-state index in [1.54, 1.807) is 38.2 Å². The number of carbonyl (C=O) groups excluding carboxylic acids is 1. The summed E-state index contributed by atoms with van der Waals surface area (Å²) < 4.78 is 12.2. The molecule has 0 aliphatic carbocycles. The molecule has 136 valence electrons. The summed E-state index contributed by atoms with van der Waals surface area (Å²) in [5, 5.41) is 3.89. The van der Waals surface area contributed by atoms with Crippen molar-refractivity contribution in [1.82, 2.24) is 0 Å². The van der Waals surface area contributed by atoms with Crippen LogP contribution in [0, 0.1) is 0 Å². The van der Waals surface area contributed by atoms with Crippen LogP contribution in [0.15, 0.2) is 68.4 Å². The summed E-state index contributed by atoms with van der Waals surface area (Å²) >= 11 is 3.40. The first-order chi connectivity index (χ1) is 12.8. The fourth-order valence-electron chi connectivity index (χ4n) is 3.00. The minimum atomic E-state index is -0.997.